The number of aliphatic imine (C=N–C) groups is 1. The summed E-state index contributed by atoms with van der Waals surface area (Å²) in [6.45, 7) is 1.94. The van der Waals surface area contributed by atoms with Gasteiger partial charge in [-0.05, 0) is 18.9 Å². The van der Waals surface area contributed by atoms with Gasteiger partial charge in [-0.15, -0.1) is 0 Å². The molecule has 2 aliphatic rings. The zero-order valence-electron chi connectivity index (χ0n) is 6.01. The molecule has 1 N–H and O–H groups in total. The molecule has 10 heavy (non-hydrogen) atoms. The fourth-order valence-electron chi connectivity index (χ4n) is 1.56. The van der Waals surface area contributed by atoms with Crippen LogP contribution >= 0.6 is 0 Å². The predicted octanol–water partition coefficient (Wildman–Crippen LogP) is 0.954. The number of hydrogen-bond acceptors (Lipinski definition) is 2. The lowest BCUT2D eigenvalue weighted by molar-refractivity contribution is 0.528. The molecule has 0 fully saturated rings. The van der Waals surface area contributed by atoms with E-state index >= 15 is 0 Å². The molecule has 0 bridgehead atoms. The topological polar surface area (TPSA) is 24.4 Å². The first-order valence-corrected chi connectivity index (χ1v) is 3.88. The molecular weight excluding hydrogens is 124 g/mol. The molecule has 0 radical (unpaired) electrons. The van der Waals surface area contributed by atoms with E-state index in [0.717, 1.165) is 13.2 Å². The summed E-state index contributed by atoms with van der Waals surface area (Å²) in [7, 11) is 0. The van der Waals surface area contributed by atoms with Gasteiger partial charge in [0.05, 0.1) is 6.67 Å². The van der Waals surface area contributed by atoms with E-state index < -0.39 is 0 Å². The fraction of sp³-hybridized carbons (Fsp3) is 0.625. The van der Waals surface area contributed by atoms with Crippen molar-refractivity contribution in [3.05, 3.63) is 12.2 Å². The molecule has 2 heteroatoms. The number of fused-ring (bicyclic) bond motifs is 1. The smallest absolute Gasteiger partial charge is 0.0888 e. The number of hydrogen-bond donors (Lipinski definition) is 1. The maximum Gasteiger partial charge on any atom is 0.0888 e. The molecule has 1 aliphatic heterocycles. The molecule has 0 aromatic heterocycles. The van der Waals surface area contributed by atoms with Gasteiger partial charge in [-0.3, -0.25) is 10.3 Å². The van der Waals surface area contributed by atoms with Gasteiger partial charge >= 0.3 is 0 Å². The second kappa shape index (κ2) is 2.54. The third-order valence-corrected chi connectivity index (χ3v) is 2.15. The van der Waals surface area contributed by atoms with Crippen LogP contribution in [0.4, 0.5) is 0 Å². The Morgan fingerprint density at radius 3 is 3.50 bits per heavy atom. The van der Waals surface area contributed by atoms with Crippen LogP contribution in [0.25, 0.3) is 0 Å². The summed E-state index contributed by atoms with van der Waals surface area (Å²) in [4.78, 5) is 4.37. The van der Waals surface area contributed by atoms with E-state index in [0.29, 0.717) is 5.92 Å². The van der Waals surface area contributed by atoms with Crippen LogP contribution in [0.2, 0.25) is 0 Å². The van der Waals surface area contributed by atoms with Gasteiger partial charge in [-0.25, -0.2) is 0 Å². The maximum absolute atomic E-state index is 4.37. The van der Waals surface area contributed by atoms with Gasteiger partial charge in [0.2, 0.25) is 0 Å². The van der Waals surface area contributed by atoms with Gasteiger partial charge in [0.15, 0.2) is 0 Å². The Bertz CT molecular complexity index is 182. The van der Waals surface area contributed by atoms with Crippen LogP contribution in [0.15, 0.2) is 17.1 Å². The number of allylic oxidation sites excluding steroid dienone is 2. The zero-order valence-corrected chi connectivity index (χ0v) is 6.01. The first-order chi connectivity index (χ1) is 4.97. The highest BCUT2D eigenvalue weighted by Crippen LogP contribution is 2.17. The van der Waals surface area contributed by atoms with E-state index in [1.165, 1.54) is 18.6 Å². The van der Waals surface area contributed by atoms with Crippen molar-refractivity contribution in [1.82, 2.24) is 5.32 Å². The fourth-order valence-corrected chi connectivity index (χ4v) is 1.56. The van der Waals surface area contributed by atoms with Crippen molar-refractivity contribution in [2.24, 2.45) is 10.9 Å². The van der Waals surface area contributed by atoms with Gasteiger partial charge < -0.3 is 0 Å². The number of rotatable bonds is 0. The lowest BCUT2D eigenvalue weighted by Gasteiger charge is -2.24. The lowest BCUT2D eigenvalue weighted by Crippen LogP contribution is -2.34. The summed E-state index contributed by atoms with van der Waals surface area (Å²) in [5.41, 5.74) is 1.31. The van der Waals surface area contributed by atoms with Crippen molar-refractivity contribution in [2.45, 2.75) is 12.8 Å². The molecule has 0 aromatic carbocycles. The maximum atomic E-state index is 4.37. The van der Waals surface area contributed by atoms with Crippen LogP contribution in [0.1, 0.15) is 12.8 Å². The first-order valence-electron chi connectivity index (χ1n) is 3.88. The van der Waals surface area contributed by atoms with Gasteiger partial charge in [0.1, 0.15) is 0 Å². The molecule has 1 aliphatic carbocycles. The van der Waals surface area contributed by atoms with Gasteiger partial charge in [-0.2, -0.15) is 0 Å². The van der Waals surface area contributed by atoms with Crippen LogP contribution in [-0.4, -0.2) is 18.9 Å². The highest BCUT2D eigenvalue weighted by Gasteiger charge is 2.18. The highest BCUT2D eigenvalue weighted by atomic mass is 15.0. The molecule has 1 atom stereocenters. The average Bonchev–Trinajstić information content (AvgIpc) is 2.05. The second-order valence-electron chi connectivity index (χ2n) is 2.87. The summed E-state index contributed by atoms with van der Waals surface area (Å²) in [6.07, 6.45) is 6.91. The molecule has 0 saturated carbocycles. The number of nitrogens with zero attached hydrogens (tertiary/aromatic N) is 1. The minimum Gasteiger partial charge on any atom is -0.298 e. The van der Waals surface area contributed by atoms with Crippen LogP contribution in [0.3, 0.4) is 0 Å². The minimum atomic E-state index is 0.707. The largest absolute Gasteiger partial charge is 0.298 e. The number of nitrogens with one attached hydrogen (secondary N) is 1. The zero-order chi connectivity index (χ0) is 6.81. The Balaban J connectivity index is 2.21. The van der Waals surface area contributed by atoms with Crippen molar-refractivity contribution in [3.63, 3.8) is 0 Å². The van der Waals surface area contributed by atoms with E-state index in [-0.39, 0.29) is 0 Å². The minimum absolute atomic E-state index is 0.707. The average molecular weight is 136 g/mol. The molecule has 2 nitrogen and oxygen atoms in total. The Morgan fingerprint density at radius 2 is 2.60 bits per heavy atom. The quantitative estimate of drug-likeness (QED) is 0.527. The molecule has 0 aromatic rings. The van der Waals surface area contributed by atoms with E-state index in [4.69, 9.17) is 0 Å². The molecule has 1 heterocycles. The molecule has 0 saturated heterocycles. The summed E-state index contributed by atoms with van der Waals surface area (Å²) < 4.78 is 0. The Kier molecular flexibility index (Phi) is 1.55. The highest BCUT2D eigenvalue weighted by molar-refractivity contribution is 5.98. The predicted molar refractivity (Wildman–Crippen MR) is 42.2 cm³/mol. The second-order valence-corrected chi connectivity index (χ2v) is 2.87. The van der Waals surface area contributed by atoms with Crippen LogP contribution in [0, 0.1) is 5.92 Å². The Hall–Kier alpha value is -0.630. The summed E-state index contributed by atoms with van der Waals surface area (Å²) in [5.74, 6) is 0.707. The normalized spacial score (nSPS) is 31.2. The SMILES string of the molecule is C1=CC2=NCNCC2CC1. The monoisotopic (exact) mass is 136 g/mol. The van der Waals surface area contributed by atoms with Crippen molar-refractivity contribution in [3.8, 4) is 0 Å². The Labute approximate surface area is 61.0 Å². The van der Waals surface area contributed by atoms with Gasteiger partial charge in [-0.1, -0.05) is 6.08 Å². The molecule has 0 spiro atoms. The summed E-state index contributed by atoms with van der Waals surface area (Å²) in [5, 5.41) is 3.26. The first kappa shape index (κ1) is 6.10. The lowest BCUT2D eigenvalue weighted by atomic mass is 9.91. The van der Waals surface area contributed by atoms with Crippen LogP contribution in [0.5, 0.6) is 0 Å². The van der Waals surface area contributed by atoms with Crippen LogP contribution in [-0.2, 0) is 0 Å². The molecule has 0 amide bonds. The summed E-state index contributed by atoms with van der Waals surface area (Å²) >= 11 is 0. The molecule has 1 unspecified atom stereocenters. The van der Waals surface area contributed by atoms with Gasteiger partial charge in [0.25, 0.3) is 0 Å². The van der Waals surface area contributed by atoms with E-state index in [1.54, 1.807) is 0 Å². The summed E-state index contributed by atoms with van der Waals surface area (Å²) in [6, 6.07) is 0. The van der Waals surface area contributed by atoms with Crippen molar-refractivity contribution in [1.29, 1.82) is 0 Å². The van der Waals surface area contributed by atoms with E-state index in [9.17, 15) is 0 Å². The molecule has 2 rings (SSSR count). The van der Waals surface area contributed by atoms with Crippen LogP contribution < -0.4 is 5.32 Å². The standard InChI is InChI=1S/C8H12N2/c1-2-4-8-7(3-1)5-9-6-10-8/h2,4,7,9H,1,3,5-6H2. The van der Waals surface area contributed by atoms with Gasteiger partial charge in [0, 0.05) is 18.2 Å². The van der Waals surface area contributed by atoms with Crippen molar-refractivity contribution in [2.75, 3.05) is 13.2 Å². The molecular formula is C8H12N2. The Morgan fingerprint density at radius 1 is 1.60 bits per heavy atom. The third-order valence-electron chi connectivity index (χ3n) is 2.15. The third kappa shape index (κ3) is 0.991. The van der Waals surface area contributed by atoms with Crippen molar-refractivity contribution >= 4 is 5.71 Å². The van der Waals surface area contributed by atoms with Crippen molar-refractivity contribution < 1.29 is 0 Å². The van der Waals surface area contributed by atoms with E-state index in [2.05, 4.69) is 22.5 Å². The van der Waals surface area contributed by atoms with E-state index in [1.807, 2.05) is 0 Å². The molecule has 54 valence electrons.